The van der Waals surface area contributed by atoms with E-state index in [0.29, 0.717) is 34.7 Å². The third-order valence-corrected chi connectivity index (χ3v) is 8.01. The summed E-state index contributed by atoms with van der Waals surface area (Å²) in [4.78, 5) is 4.55. The lowest BCUT2D eigenvalue weighted by molar-refractivity contribution is -0.275. The number of piperidine rings is 1. The molecule has 0 amide bonds. The summed E-state index contributed by atoms with van der Waals surface area (Å²) in [5.41, 5.74) is 6.78. The van der Waals surface area contributed by atoms with E-state index in [-0.39, 0.29) is 29.1 Å². The minimum absolute atomic E-state index is 0.0548. The van der Waals surface area contributed by atoms with Crippen molar-refractivity contribution in [2.24, 2.45) is 11.8 Å². The number of nitrogens with one attached hydrogen (secondary N) is 1. The van der Waals surface area contributed by atoms with Crippen LogP contribution in [0.3, 0.4) is 0 Å². The highest BCUT2D eigenvalue weighted by Crippen LogP contribution is 2.61. The van der Waals surface area contributed by atoms with Gasteiger partial charge >= 0.3 is 6.36 Å². The fourth-order valence-corrected chi connectivity index (χ4v) is 6.37. The normalized spacial score (nSPS) is 23.8. The molecule has 11 heteroatoms. The van der Waals surface area contributed by atoms with Crippen LogP contribution in [0.25, 0.3) is 22.2 Å². The Morgan fingerprint density at radius 2 is 1.79 bits per heavy atom. The molecule has 3 fully saturated rings. The van der Waals surface area contributed by atoms with Gasteiger partial charge in [0.05, 0.1) is 28.6 Å². The Morgan fingerprint density at radius 3 is 2.34 bits per heavy atom. The molecule has 6 rings (SSSR count). The summed E-state index contributed by atoms with van der Waals surface area (Å²) < 4.78 is 77.0. The van der Waals surface area contributed by atoms with Crippen molar-refractivity contribution >= 4 is 16.6 Å². The molecule has 2 aromatic heterocycles. The van der Waals surface area contributed by atoms with Gasteiger partial charge in [-0.25, -0.2) is 13.8 Å². The fourth-order valence-electron chi connectivity index (χ4n) is 6.37. The summed E-state index contributed by atoms with van der Waals surface area (Å²) in [6.07, 6.45) is -4.55. The maximum atomic E-state index is 16.7. The maximum absolute atomic E-state index is 16.7. The second-order valence-corrected chi connectivity index (χ2v) is 11.1. The molecular formula is C27H29F5N4O2. The van der Waals surface area contributed by atoms with Gasteiger partial charge in [0.2, 0.25) is 0 Å². The van der Waals surface area contributed by atoms with Crippen LogP contribution < -0.4 is 15.8 Å². The number of fused-ring (bicyclic) bond motifs is 2. The van der Waals surface area contributed by atoms with Crippen molar-refractivity contribution in [2.75, 3.05) is 18.8 Å². The number of anilines is 1. The van der Waals surface area contributed by atoms with Crippen LogP contribution in [0.4, 0.5) is 27.6 Å². The Bertz CT molecular complexity index is 1430. The molecule has 3 aromatic rings. The summed E-state index contributed by atoms with van der Waals surface area (Å²) in [5, 5.41) is 14.9. The largest absolute Gasteiger partial charge is 0.573 e. The molecule has 2 aliphatic carbocycles. The first-order valence-corrected chi connectivity index (χ1v) is 12.9. The molecule has 2 saturated carbocycles. The van der Waals surface area contributed by atoms with Crippen molar-refractivity contribution in [3.63, 3.8) is 0 Å². The van der Waals surface area contributed by atoms with E-state index in [2.05, 4.69) is 15.0 Å². The van der Waals surface area contributed by atoms with E-state index in [4.69, 9.17) is 5.73 Å². The van der Waals surface area contributed by atoms with Crippen molar-refractivity contribution in [2.45, 2.75) is 64.0 Å². The Morgan fingerprint density at radius 1 is 1.13 bits per heavy atom. The van der Waals surface area contributed by atoms with Gasteiger partial charge < -0.3 is 25.5 Å². The number of rotatable bonds is 6. The molecular weight excluding hydrogens is 507 g/mol. The standard InChI is InChI=1S/C27H29F5N4O2/c1-10(2)22-20-19(18-15-8-34-9-16(15)18)24(11(3)37)36(13-4-5-13)25(20)21(29)23(35-22)14-6-12(33)7-17(28)26(14)38-27(30,31)32/h6-7,10-11,13,15-16,18,34,37H,4-5,8-9,33H2,1-3H3. The van der Waals surface area contributed by atoms with Gasteiger partial charge in [-0.05, 0) is 68.2 Å². The smallest absolute Gasteiger partial charge is 0.402 e. The Balaban J connectivity index is 1.70. The van der Waals surface area contributed by atoms with Crippen molar-refractivity contribution in [3.8, 4) is 17.0 Å². The highest BCUT2D eigenvalue weighted by atomic mass is 19.4. The second-order valence-electron chi connectivity index (χ2n) is 11.1. The van der Waals surface area contributed by atoms with Crippen LogP contribution in [0, 0.1) is 23.5 Å². The number of nitrogens with zero attached hydrogens (tertiary/aromatic N) is 2. The summed E-state index contributed by atoms with van der Waals surface area (Å²) in [7, 11) is 0. The van der Waals surface area contributed by atoms with Crippen molar-refractivity contribution in [3.05, 3.63) is 40.7 Å². The monoisotopic (exact) mass is 536 g/mol. The van der Waals surface area contributed by atoms with E-state index in [1.54, 1.807) is 6.92 Å². The van der Waals surface area contributed by atoms with Gasteiger partial charge in [0.1, 0.15) is 5.69 Å². The van der Waals surface area contributed by atoms with E-state index < -0.39 is 41.1 Å². The van der Waals surface area contributed by atoms with Crippen LogP contribution in [0.5, 0.6) is 5.75 Å². The molecule has 0 radical (unpaired) electrons. The van der Waals surface area contributed by atoms with Crippen molar-refractivity contribution < 1.29 is 31.8 Å². The van der Waals surface area contributed by atoms with Crippen molar-refractivity contribution in [1.29, 1.82) is 0 Å². The lowest BCUT2D eigenvalue weighted by atomic mass is 9.95. The van der Waals surface area contributed by atoms with E-state index in [1.807, 2.05) is 18.4 Å². The fraction of sp³-hybridized carbons (Fsp3) is 0.519. The first kappa shape index (κ1) is 25.4. The molecule has 204 valence electrons. The number of halogens is 5. The lowest BCUT2D eigenvalue weighted by Crippen LogP contribution is -2.19. The van der Waals surface area contributed by atoms with Gasteiger partial charge in [0.15, 0.2) is 17.4 Å². The molecule has 0 bridgehead atoms. The average molecular weight is 537 g/mol. The number of hydrogen-bond donors (Lipinski definition) is 3. The van der Waals surface area contributed by atoms with Crippen LogP contribution in [-0.4, -0.2) is 34.1 Å². The highest BCUT2D eigenvalue weighted by Gasteiger charge is 2.56. The molecule has 6 nitrogen and oxygen atoms in total. The summed E-state index contributed by atoms with van der Waals surface area (Å²) >= 11 is 0. The maximum Gasteiger partial charge on any atom is 0.573 e. The molecule has 4 N–H and O–H groups in total. The van der Waals surface area contributed by atoms with Gasteiger partial charge in [-0.1, -0.05) is 13.8 Å². The Hall–Kier alpha value is -2.92. The van der Waals surface area contributed by atoms with Crippen LogP contribution in [0.2, 0.25) is 0 Å². The van der Waals surface area contributed by atoms with E-state index in [9.17, 15) is 22.7 Å². The zero-order valence-electron chi connectivity index (χ0n) is 21.2. The van der Waals surface area contributed by atoms with E-state index in [1.165, 1.54) is 0 Å². The summed E-state index contributed by atoms with van der Waals surface area (Å²) in [6, 6.07) is 1.69. The highest BCUT2D eigenvalue weighted by molar-refractivity contribution is 5.94. The zero-order valence-corrected chi connectivity index (χ0v) is 21.2. The minimum atomic E-state index is -5.22. The number of aliphatic hydroxyl groups excluding tert-OH is 1. The summed E-state index contributed by atoms with van der Waals surface area (Å²) in [6.45, 7) is 7.04. The van der Waals surface area contributed by atoms with Crippen LogP contribution in [0.1, 0.15) is 74.5 Å². The van der Waals surface area contributed by atoms with Crippen LogP contribution in [-0.2, 0) is 0 Å². The SMILES string of the molecule is CC(C)c1nc(-c2cc(N)cc(F)c2OC(F)(F)F)c(F)c2c1c(C1C3CNCC31)c(C(C)O)n2C1CC1. The van der Waals surface area contributed by atoms with Gasteiger partial charge in [0, 0.05) is 23.2 Å². The quantitative estimate of drug-likeness (QED) is 0.270. The first-order chi connectivity index (χ1) is 17.9. The third kappa shape index (κ3) is 3.93. The number of aromatic nitrogens is 2. The Labute approximate surface area is 216 Å². The molecule has 0 spiro atoms. The molecule has 3 heterocycles. The summed E-state index contributed by atoms with van der Waals surface area (Å²) in [5.74, 6) is -2.83. The molecule has 3 atom stereocenters. The molecule has 3 unspecified atom stereocenters. The van der Waals surface area contributed by atoms with Crippen molar-refractivity contribution in [1.82, 2.24) is 14.9 Å². The first-order valence-electron chi connectivity index (χ1n) is 12.9. The molecule has 1 saturated heterocycles. The Kier molecular flexibility index (Phi) is 5.70. The van der Waals surface area contributed by atoms with E-state index >= 15 is 4.39 Å². The van der Waals surface area contributed by atoms with Gasteiger partial charge in [-0.15, -0.1) is 13.2 Å². The second kappa shape index (κ2) is 8.54. The molecule has 1 aliphatic heterocycles. The number of alkyl halides is 3. The van der Waals surface area contributed by atoms with Crippen LogP contribution >= 0.6 is 0 Å². The predicted octanol–water partition coefficient (Wildman–Crippen LogP) is 5.91. The number of nitrogens with two attached hydrogens (primary N) is 1. The van der Waals surface area contributed by atoms with Crippen LogP contribution in [0.15, 0.2) is 12.1 Å². The predicted molar refractivity (Wildman–Crippen MR) is 132 cm³/mol. The number of benzene rings is 1. The number of ether oxygens (including phenoxy) is 1. The van der Waals surface area contributed by atoms with Gasteiger partial charge in [-0.3, -0.25) is 0 Å². The molecule has 38 heavy (non-hydrogen) atoms. The number of pyridine rings is 1. The molecule has 1 aromatic carbocycles. The number of hydrogen-bond acceptors (Lipinski definition) is 5. The lowest BCUT2D eigenvalue weighted by Gasteiger charge is -2.18. The average Bonchev–Trinajstić information content (AvgIpc) is 3.69. The minimum Gasteiger partial charge on any atom is -0.402 e. The zero-order chi connectivity index (χ0) is 27.3. The number of nitrogen functional groups attached to an aromatic ring is 1. The van der Waals surface area contributed by atoms with Gasteiger partial charge in [-0.2, -0.15) is 0 Å². The van der Waals surface area contributed by atoms with E-state index in [0.717, 1.165) is 37.6 Å². The third-order valence-electron chi connectivity index (χ3n) is 8.01. The topological polar surface area (TPSA) is 85.3 Å². The number of aliphatic hydroxyl groups is 1. The molecule has 3 aliphatic rings. The van der Waals surface area contributed by atoms with Gasteiger partial charge in [0.25, 0.3) is 0 Å².